The number of hydrogen-bond acceptors (Lipinski definition) is 5. The Hall–Kier alpha value is -2.67. The number of hydrogen-bond donors (Lipinski definition) is 3. The third kappa shape index (κ3) is 2.61. The number of benzene rings is 1. The predicted molar refractivity (Wildman–Crippen MR) is 70.5 cm³/mol. The van der Waals surface area contributed by atoms with Crippen molar-refractivity contribution in [3.05, 3.63) is 42.2 Å². The quantitative estimate of drug-likeness (QED) is 0.326. The van der Waals surface area contributed by atoms with Gasteiger partial charge in [0, 0.05) is 5.56 Å². The first-order valence-electron chi connectivity index (χ1n) is 5.48. The Kier molecular flexibility index (Phi) is 3.30. The summed E-state index contributed by atoms with van der Waals surface area (Å²) in [5.41, 5.74) is 6.63. The normalized spacial score (nSPS) is 10.2. The zero-order chi connectivity index (χ0) is 14.0. The van der Waals surface area contributed by atoms with Crippen LogP contribution in [0.25, 0.3) is 0 Å². The number of ketones is 1. The summed E-state index contributed by atoms with van der Waals surface area (Å²) in [4.78, 5) is 11.3. The summed E-state index contributed by atoms with van der Waals surface area (Å²) in [5, 5.41) is 22.2. The maximum atomic E-state index is 11.3. The standard InChI is InChI=1S/C12H13N5O2/c1-8(18)9-3-2-4-11(5-9)17(19)12(14)16-7-10(13)6-15-16/h2-7,14,19H,13H2,1H3. The molecule has 1 aromatic carbocycles. The number of hydroxylamine groups is 1. The second-order valence-electron chi connectivity index (χ2n) is 3.96. The van der Waals surface area contributed by atoms with Gasteiger partial charge in [-0.25, -0.2) is 4.68 Å². The number of nitrogens with two attached hydrogens (primary N) is 1. The van der Waals surface area contributed by atoms with Crippen molar-refractivity contribution >= 4 is 23.1 Å². The highest BCUT2D eigenvalue weighted by atomic mass is 16.5. The highest BCUT2D eigenvalue weighted by molar-refractivity contribution is 5.97. The fraction of sp³-hybridized carbons (Fsp3) is 0.0833. The first kappa shape index (κ1) is 12.8. The fourth-order valence-corrected chi connectivity index (χ4v) is 1.53. The smallest absolute Gasteiger partial charge is 0.248 e. The maximum absolute atomic E-state index is 11.3. The van der Waals surface area contributed by atoms with E-state index in [-0.39, 0.29) is 11.7 Å². The SMILES string of the molecule is CC(=O)c1cccc(N(O)C(=N)n2cc(N)cn2)c1. The van der Waals surface area contributed by atoms with Crippen molar-refractivity contribution in [2.45, 2.75) is 6.92 Å². The first-order chi connectivity index (χ1) is 8.99. The molecule has 0 spiro atoms. The lowest BCUT2D eigenvalue weighted by atomic mass is 10.1. The van der Waals surface area contributed by atoms with Crippen molar-refractivity contribution in [3.8, 4) is 0 Å². The van der Waals surface area contributed by atoms with Crippen LogP contribution in [0.3, 0.4) is 0 Å². The van der Waals surface area contributed by atoms with Crippen LogP contribution < -0.4 is 10.8 Å². The van der Waals surface area contributed by atoms with E-state index < -0.39 is 0 Å². The fourth-order valence-electron chi connectivity index (χ4n) is 1.53. The van der Waals surface area contributed by atoms with Crippen molar-refractivity contribution in [2.75, 3.05) is 10.8 Å². The van der Waals surface area contributed by atoms with E-state index >= 15 is 0 Å². The molecule has 2 rings (SSSR count). The maximum Gasteiger partial charge on any atom is 0.248 e. The zero-order valence-corrected chi connectivity index (χ0v) is 10.2. The van der Waals surface area contributed by atoms with Crippen LogP contribution in [-0.4, -0.2) is 26.7 Å². The molecule has 0 unspecified atom stereocenters. The van der Waals surface area contributed by atoms with Crippen LogP contribution in [-0.2, 0) is 0 Å². The van der Waals surface area contributed by atoms with E-state index in [9.17, 15) is 10.0 Å². The number of nitrogens with one attached hydrogen (secondary N) is 1. The van der Waals surface area contributed by atoms with Gasteiger partial charge in [-0.3, -0.25) is 15.4 Å². The molecule has 0 aliphatic heterocycles. The number of anilines is 2. The van der Waals surface area contributed by atoms with E-state index in [0.29, 0.717) is 22.0 Å². The van der Waals surface area contributed by atoms with Crippen LogP contribution in [0, 0.1) is 5.41 Å². The molecule has 0 saturated carbocycles. The minimum Gasteiger partial charge on any atom is -0.396 e. The third-order valence-corrected chi connectivity index (χ3v) is 2.52. The number of Topliss-reactive ketones (excluding diaryl/α,β-unsaturated/α-hetero) is 1. The van der Waals surface area contributed by atoms with Gasteiger partial charge in [0.25, 0.3) is 0 Å². The van der Waals surface area contributed by atoms with E-state index in [4.69, 9.17) is 11.1 Å². The molecule has 0 amide bonds. The average molecular weight is 259 g/mol. The highest BCUT2D eigenvalue weighted by Crippen LogP contribution is 2.16. The van der Waals surface area contributed by atoms with Gasteiger partial charge in [0.05, 0.1) is 23.8 Å². The van der Waals surface area contributed by atoms with Crippen molar-refractivity contribution in [3.63, 3.8) is 0 Å². The molecular formula is C12H13N5O2. The molecule has 0 aliphatic carbocycles. The van der Waals surface area contributed by atoms with Gasteiger partial charge in [0.1, 0.15) is 0 Å². The molecule has 98 valence electrons. The molecule has 0 saturated heterocycles. The van der Waals surface area contributed by atoms with Crippen LogP contribution >= 0.6 is 0 Å². The zero-order valence-electron chi connectivity index (χ0n) is 10.2. The average Bonchev–Trinajstić information content (AvgIpc) is 2.84. The van der Waals surface area contributed by atoms with Gasteiger partial charge in [-0.2, -0.15) is 10.2 Å². The monoisotopic (exact) mass is 259 g/mol. The molecule has 4 N–H and O–H groups in total. The summed E-state index contributed by atoms with van der Waals surface area (Å²) < 4.78 is 1.12. The van der Waals surface area contributed by atoms with Crippen LogP contribution in [0.1, 0.15) is 17.3 Å². The van der Waals surface area contributed by atoms with Gasteiger partial charge < -0.3 is 5.73 Å². The minimum absolute atomic E-state index is 0.120. The van der Waals surface area contributed by atoms with E-state index in [1.165, 1.54) is 25.4 Å². The Morgan fingerprint density at radius 1 is 1.53 bits per heavy atom. The minimum atomic E-state index is -0.294. The van der Waals surface area contributed by atoms with Crippen LogP contribution in [0.4, 0.5) is 11.4 Å². The molecular weight excluding hydrogens is 246 g/mol. The van der Waals surface area contributed by atoms with E-state index in [0.717, 1.165) is 4.68 Å². The van der Waals surface area contributed by atoms with Crippen LogP contribution in [0.2, 0.25) is 0 Å². The van der Waals surface area contributed by atoms with E-state index in [1.54, 1.807) is 18.2 Å². The lowest BCUT2D eigenvalue weighted by Crippen LogP contribution is -2.32. The predicted octanol–water partition coefficient (Wildman–Crippen LogP) is 1.35. The Balaban J connectivity index is 2.28. The molecule has 7 nitrogen and oxygen atoms in total. The second kappa shape index (κ2) is 4.91. The molecule has 19 heavy (non-hydrogen) atoms. The molecule has 0 bridgehead atoms. The lowest BCUT2D eigenvalue weighted by molar-refractivity contribution is 0.101. The van der Waals surface area contributed by atoms with Gasteiger partial charge in [-0.05, 0) is 19.1 Å². The van der Waals surface area contributed by atoms with Crippen LogP contribution in [0.5, 0.6) is 0 Å². The third-order valence-electron chi connectivity index (χ3n) is 2.52. The Morgan fingerprint density at radius 3 is 2.84 bits per heavy atom. The van der Waals surface area contributed by atoms with Crippen molar-refractivity contribution < 1.29 is 10.0 Å². The molecule has 0 fully saturated rings. The van der Waals surface area contributed by atoms with E-state index in [1.807, 2.05) is 0 Å². The second-order valence-corrected chi connectivity index (χ2v) is 3.96. The van der Waals surface area contributed by atoms with Crippen LogP contribution in [0.15, 0.2) is 36.7 Å². The number of nitrogens with zero attached hydrogens (tertiary/aromatic N) is 3. The summed E-state index contributed by atoms with van der Waals surface area (Å²) in [5.74, 6) is -0.414. The first-order valence-corrected chi connectivity index (χ1v) is 5.48. The van der Waals surface area contributed by atoms with Gasteiger partial charge in [0.15, 0.2) is 5.78 Å². The van der Waals surface area contributed by atoms with Gasteiger partial charge in [-0.1, -0.05) is 12.1 Å². The van der Waals surface area contributed by atoms with Crippen molar-refractivity contribution in [1.82, 2.24) is 9.78 Å². The number of nitrogen functional groups attached to an aromatic ring is 1. The van der Waals surface area contributed by atoms with Gasteiger partial charge in [-0.15, -0.1) is 0 Å². The molecule has 0 aliphatic rings. The molecule has 0 radical (unpaired) electrons. The largest absolute Gasteiger partial charge is 0.396 e. The highest BCUT2D eigenvalue weighted by Gasteiger charge is 2.13. The summed E-state index contributed by atoms with van der Waals surface area (Å²) >= 11 is 0. The molecule has 7 heteroatoms. The molecule has 0 atom stereocenters. The topological polar surface area (TPSA) is 108 Å². The number of aromatic nitrogens is 2. The summed E-state index contributed by atoms with van der Waals surface area (Å²) in [6.07, 6.45) is 2.77. The van der Waals surface area contributed by atoms with Crippen molar-refractivity contribution in [1.29, 1.82) is 5.41 Å². The molecule has 1 heterocycles. The molecule has 2 aromatic rings. The summed E-state index contributed by atoms with van der Waals surface area (Å²) in [7, 11) is 0. The Labute approximate surface area is 109 Å². The van der Waals surface area contributed by atoms with Gasteiger partial charge in [0.2, 0.25) is 5.96 Å². The Morgan fingerprint density at radius 2 is 2.26 bits per heavy atom. The number of carbonyl (C=O) groups is 1. The van der Waals surface area contributed by atoms with Gasteiger partial charge >= 0.3 is 0 Å². The Bertz CT molecular complexity index is 635. The van der Waals surface area contributed by atoms with Crippen molar-refractivity contribution in [2.24, 2.45) is 0 Å². The number of carbonyl (C=O) groups excluding carboxylic acids is 1. The molecule has 1 aromatic heterocycles. The lowest BCUT2D eigenvalue weighted by Gasteiger charge is -2.17. The summed E-state index contributed by atoms with van der Waals surface area (Å²) in [6, 6.07) is 6.33. The summed E-state index contributed by atoms with van der Waals surface area (Å²) in [6.45, 7) is 1.43. The van der Waals surface area contributed by atoms with E-state index in [2.05, 4.69) is 5.10 Å². The number of rotatable bonds is 2.